The Morgan fingerprint density at radius 1 is 1.38 bits per heavy atom. The molecule has 0 aliphatic heterocycles. The molecule has 0 saturated heterocycles. The number of hydrogen-bond donors (Lipinski definition) is 0. The van der Waals surface area contributed by atoms with E-state index in [2.05, 4.69) is 19.9 Å². The summed E-state index contributed by atoms with van der Waals surface area (Å²) in [5.41, 5.74) is 4.14. The van der Waals surface area contributed by atoms with Crippen molar-refractivity contribution in [2.24, 2.45) is 0 Å². The lowest BCUT2D eigenvalue weighted by molar-refractivity contribution is -0.138. The van der Waals surface area contributed by atoms with E-state index in [4.69, 9.17) is 4.74 Å². The summed E-state index contributed by atoms with van der Waals surface area (Å²) >= 11 is 0. The van der Waals surface area contributed by atoms with Crippen molar-refractivity contribution in [1.29, 1.82) is 0 Å². The number of benzene rings is 1. The molecule has 0 aliphatic carbocycles. The van der Waals surface area contributed by atoms with Crippen LogP contribution in [-0.2, 0) is 9.53 Å². The highest BCUT2D eigenvalue weighted by Gasteiger charge is 2.05. The Bertz CT molecular complexity index is 417. The van der Waals surface area contributed by atoms with Crippen LogP contribution in [0.2, 0.25) is 0 Å². The first-order valence-corrected chi connectivity index (χ1v) is 5.48. The van der Waals surface area contributed by atoms with Gasteiger partial charge in [0.15, 0.2) is 0 Å². The van der Waals surface area contributed by atoms with Crippen molar-refractivity contribution < 1.29 is 9.53 Å². The van der Waals surface area contributed by atoms with Crippen molar-refractivity contribution in [2.45, 2.75) is 27.7 Å². The van der Waals surface area contributed by atoms with Crippen molar-refractivity contribution in [2.75, 3.05) is 6.61 Å². The minimum atomic E-state index is -0.247. The minimum Gasteiger partial charge on any atom is -0.463 e. The maximum absolute atomic E-state index is 11.5. The van der Waals surface area contributed by atoms with Crippen molar-refractivity contribution in [3.8, 4) is 0 Å². The van der Waals surface area contributed by atoms with Crippen LogP contribution in [0.15, 0.2) is 23.8 Å². The van der Waals surface area contributed by atoms with Gasteiger partial charge >= 0.3 is 5.97 Å². The van der Waals surface area contributed by atoms with Gasteiger partial charge in [0.05, 0.1) is 6.61 Å². The quantitative estimate of drug-likeness (QED) is 0.575. The van der Waals surface area contributed by atoms with Gasteiger partial charge < -0.3 is 4.74 Å². The third kappa shape index (κ3) is 2.96. The highest BCUT2D eigenvalue weighted by Crippen LogP contribution is 2.16. The second-order valence-corrected chi connectivity index (χ2v) is 3.84. The lowest BCUT2D eigenvalue weighted by atomic mass is 10.0. The lowest BCUT2D eigenvalue weighted by Gasteiger charge is -2.06. The first-order valence-electron chi connectivity index (χ1n) is 5.48. The molecular weight excluding hydrogens is 200 g/mol. The number of hydrogen-bond acceptors (Lipinski definition) is 2. The van der Waals surface area contributed by atoms with Crippen LogP contribution in [0.3, 0.4) is 0 Å². The molecule has 2 heteroatoms. The third-order valence-electron chi connectivity index (χ3n) is 2.62. The molecule has 0 unspecified atom stereocenters. The summed E-state index contributed by atoms with van der Waals surface area (Å²) in [6.07, 6.45) is 1.88. The molecule has 0 aromatic heterocycles. The second kappa shape index (κ2) is 5.50. The Hall–Kier alpha value is -1.57. The van der Waals surface area contributed by atoms with Crippen molar-refractivity contribution >= 4 is 12.0 Å². The Balaban J connectivity index is 2.98. The number of ether oxygens (including phenoxy) is 1. The van der Waals surface area contributed by atoms with Crippen molar-refractivity contribution in [3.05, 3.63) is 40.5 Å². The minimum absolute atomic E-state index is 0.247. The number of esters is 1. The van der Waals surface area contributed by atoms with Gasteiger partial charge in [-0.25, -0.2) is 4.79 Å². The summed E-state index contributed by atoms with van der Waals surface area (Å²) in [4.78, 5) is 11.5. The van der Waals surface area contributed by atoms with E-state index in [0.717, 1.165) is 5.56 Å². The average Bonchev–Trinajstić information content (AvgIpc) is 2.25. The summed E-state index contributed by atoms with van der Waals surface area (Å²) in [6, 6.07) is 6.06. The SMILES string of the molecule is CCOC(=O)C(C)=Cc1cccc(C)c1C. The Morgan fingerprint density at radius 3 is 2.69 bits per heavy atom. The predicted octanol–water partition coefficient (Wildman–Crippen LogP) is 3.27. The third-order valence-corrected chi connectivity index (χ3v) is 2.62. The molecule has 0 atom stereocenters. The van der Waals surface area contributed by atoms with E-state index in [-0.39, 0.29) is 5.97 Å². The van der Waals surface area contributed by atoms with Crippen LogP contribution < -0.4 is 0 Å². The van der Waals surface area contributed by atoms with Gasteiger partial charge in [0, 0.05) is 5.57 Å². The first-order chi connectivity index (χ1) is 7.56. The molecule has 1 aromatic rings. The molecule has 0 saturated carbocycles. The van der Waals surface area contributed by atoms with E-state index in [1.165, 1.54) is 11.1 Å². The molecule has 0 fully saturated rings. The van der Waals surface area contributed by atoms with Crippen LogP contribution in [0.5, 0.6) is 0 Å². The zero-order valence-electron chi connectivity index (χ0n) is 10.3. The fourth-order valence-corrected chi connectivity index (χ4v) is 1.47. The van der Waals surface area contributed by atoms with Crippen LogP contribution in [0, 0.1) is 13.8 Å². The largest absolute Gasteiger partial charge is 0.463 e. The van der Waals surface area contributed by atoms with Gasteiger partial charge in [0.25, 0.3) is 0 Å². The van der Waals surface area contributed by atoms with Gasteiger partial charge in [-0.2, -0.15) is 0 Å². The number of aryl methyl sites for hydroxylation is 1. The molecule has 0 amide bonds. The van der Waals surface area contributed by atoms with Gasteiger partial charge in [0.1, 0.15) is 0 Å². The Labute approximate surface area is 96.9 Å². The number of rotatable bonds is 3. The van der Waals surface area contributed by atoms with Crippen molar-refractivity contribution in [1.82, 2.24) is 0 Å². The van der Waals surface area contributed by atoms with E-state index in [0.29, 0.717) is 12.2 Å². The second-order valence-electron chi connectivity index (χ2n) is 3.84. The summed E-state index contributed by atoms with van der Waals surface area (Å²) in [5, 5.41) is 0. The van der Waals surface area contributed by atoms with E-state index < -0.39 is 0 Å². The van der Waals surface area contributed by atoms with Crippen LogP contribution in [0.25, 0.3) is 6.08 Å². The standard InChI is InChI=1S/C14H18O2/c1-5-16-14(15)11(3)9-13-8-6-7-10(2)12(13)4/h6-9H,5H2,1-4H3. The van der Waals surface area contributed by atoms with Crippen molar-refractivity contribution in [3.63, 3.8) is 0 Å². The molecule has 0 aliphatic rings. The smallest absolute Gasteiger partial charge is 0.333 e. The number of carbonyl (C=O) groups is 1. The van der Waals surface area contributed by atoms with E-state index >= 15 is 0 Å². The maximum atomic E-state index is 11.5. The van der Waals surface area contributed by atoms with Crippen LogP contribution >= 0.6 is 0 Å². The monoisotopic (exact) mass is 218 g/mol. The Kier molecular flexibility index (Phi) is 4.29. The van der Waals surface area contributed by atoms with E-state index in [1.807, 2.05) is 25.1 Å². The summed E-state index contributed by atoms with van der Waals surface area (Å²) in [7, 11) is 0. The fourth-order valence-electron chi connectivity index (χ4n) is 1.47. The first kappa shape index (κ1) is 12.5. The molecule has 0 radical (unpaired) electrons. The predicted molar refractivity (Wildman–Crippen MR) is 66.2 cm³/mol. The maximum Gasteiger partial charge on any atom is 0.333 e. The molecule has 0 N–H and O–H groups in total. The highest BCUT2D eigenvalue weighted by molar-refractivity contribution is 5.93. The van der Waals surface area contributed by atoms with Gasteiger partial charge in [-0.15, -0.1) is 0 Å². The topological polar surface area (TPSA) is 26.3 Å². The summed E-state index contributed by atoms with van der Waals surface area (Å²) in [5.74, 6) is -0.247. The van der Waals surface area contributed by atoms with E-state index in [9.17, 15) is 4.79 Å². The average molecular weight is 218 g/mol. The van der Waals surface area contributed by atoms with Gasteiger partial charge in [-0.3, -0.25) is 0 Å². The van der Waals surface area contributed by atoms with Gasteiger partial charge in [0.2, 0.25) is 0 Å². The van der Waals surface area contributed by atoms with Gasteiger partial charge in [-0.1, -0.05) is 18.2 Å². The summed E-state index contributed by atoms with van der Waals surface area (Å²) in [6.45, 7) is 8.12. The molecule has 0 heterocycles. The zero-order chi connectivity index (χ0) is 12.1. The molecule has 16 heavy (non-hydrogen) atoms. The summed E-state index contributed by atoms with van der Waals surface area (Å²) < 4.78 is 4.94. The fraction of sp³-hybridized carbons (Fsp3) is 0.357. The normalized spacial score (nSPS) is 11.4. The zero-order valence-corrected chi connectivity index (χ0v) is 10.3. The van der Waals surface area contributed by atoms with Crippen LogP contribution in [0.1, 0.15) is 30.5 Å². The molecule has 86 valence electrons. The number of carbonyl (C=O) groups excluding carboxylic acids is 1. The molecule has 1 rings (SSSR count). The molecule has 1 aromatic carbocycles. The molecule has 0 spiro atoms. The van der Waals surface area contributed by atoms with E-state index in [1.54, 1.807) is 6.92 Å². The lowest BCUT2D eigenvalue weighted by Crippen LogP contribution is -2.05. The molecular formula is C14H18O2. The van der Waals surface area contributed by atoms with Gasteiger partial charge in [-0.05, 0) is 50.5 Å². The highest BCUT2D eigenvalue weighted by atomic mass is 16.5. The Morgan fingerprint density at radius 2 is 2.06 bits per heavy atom. The van der Waals surface area contributed by atoms with Crippen LogP contribution in [-0.4, -0.2) is 12.6 Å². The molecule has 2 nitrogen and oxygen atoms in total. The van der Waals surface area contributed by atoms with Crippen LogP contribution in [0.4, 0.5) is 0 Å². The molecule has 0 bridgehead atoms.